The van der Waals surface area contributed by atoms with Crippen LogP contribution in [0.4, 0.5) is 4.79 Å². The van der Waals surface area contributed by atoms with Crippen molar-refractivity contribution < 1.29 is 37.3 Å². The predicted molar refractivity (Wildman–Crippen MR) is 118 cm³/mol. The zero-order valence-electron chi connectivity index (χ0n) is 17.8. The number of aromatic hydroxyl groups is 1. The molecule has 0 spiro atoms. The van der Waals surface area contributed by atoms with Crippen molar-refractivity contribution in [3.8, 4) is 17.2 Å². The monoisotopic (exact) mass is 496 g/mol. The molecule has 1 atom stereocenters. The lowest BCUT2D eigenvalue weighted by Crippen LogP contribution is -2.47. The third kappa shape index (κ3) is 4.99. The van der Waals surface area contributed by atoms with Gasteiger partial charge in [-0.1, -0.05) is 17.7 Å². The Hall–Kier alpha value is -3.44. The van der Waals surface area contributed by atoms with Crippen molar-refractivity contribution in [2.24, 2.45) is 0 Å². The van der Waals surface area contributed by atoms with Crippen molar-refractivity contribution in [2.45, 2.75) is 10.9 Å². The molecule has 176 valence electrons. The predicted octanol–water partition coefficient (Wildman–Crippen LogP) is 2.32. The van der Waals surface area contributed by atoms with Gasteiger partial charge in [0.15, 0.2) is 21.3 Å². The molecule has 1 aliphatic rings. The number of methoxy groups -OCH3 is 3. The van der Waals surface area contributed by atoms with Gasteiger partial charge in [-0.2, -0.15) is 0 Å². The Labute approximate surface area is 195 Å². The third-order valence-electron chi connectivity index (χ3n) is 4.91. The molecule has 10 nitrogen and oxygen atoms in total. The van der Waals surface area contributed by atoms with Gasteiger partial charge in [0.2, 0.25) is 0 Å². The number of benzene rings is 2. The molecule has 2 amide bonds. The molecule has 0 saturated carbocycles. The zero-order chi connectivity index (χ0) is 24.3. The summed E-state index contributed by atoms with van der Waals surface area (Å²) < 4.78 is 41.2. The van der Waals surface area contributed by atoms with Crippen LogP contribution in [0.1, 0.15) is 11.6 Å². The summed E-state index contributed by atoms with van der Waals surface area (Å²) in [5.41, 5.74) is 0.0879. The van der Waals surface area contributed by atoms with Gasteiger partial charge in [-0.3, -0.25) is 0 Å². The van der Waals surface area contributed by atoms with Gasteiger partial charge in [0.25, 0.3) is 0 Å². The fourth-order valence-electron chi connectivity index (χ4n) is 3.32. The van der Waals surface area contributed by atoms with Crippen LogP contribution in [0, 0.1) is 0 Å². The molecule has 0 aliphatic carbocycles. The smallest absolute Gasteiger partial charge is 0.338 e. The van der Waals surface area contributed by atoms with Crippen LogP contribution in [0.15, 0.2) is 52.6 Å². The van der Waals surface area contributed by atoms with Gasteiger partial charge in [-0.15, -0.1) is 0 Å². The normalized spacial score (nSPS) is 16.0. The van der Waals surface area contributed by atoms with Crippen LogP contribution in [0.3, 0.4) is 0 Å². The first-order valence-electron chi connectivity index (χ1n) is 9.43. The Morgan fingerprint density at radius 3 is 2.39 bits per heavy atom. The molecule has 1 aliphatic heterocycles. The van der Waals surface area contributed by atoms with Gasteiger partial charge in [0, 0.05) is 5.70 Å². The van der Waals surface area contributed by atoms with E-state index in [0.29, 0.717) is 11.3 Å². The van der Waals surface area contributed by atoms with Gasteiger partial charge < -0.3 is 30.0 Å². The maximum Gasteiger partial charge on any atom is 0.338 e. The van der Waals surface area contributed by atoms with Crippen molar-refractivity contribution in [3.05, 3.63) is 58.3 Å². The van der Waals surface area contributed by atoms with Crippen molar-refractivity contribution >= 4 is 33.4 Å². The fraction of sp³-hybridized carbons (Fsp3) is 0.238. The number of sulfone groups is 1. The Morgan fingerprint density at radius 1 is 1.09 bits per heavy atom. The molecule has 0 fully saturated rings. The van der Waals surface area contributed by atoms with E-state index in [-0.39, 0.29) is 32.7 Å². The number of urea groups is 1. The van der Waals surface area contributed by atoms with Gasteiger partial charge >= 0.3 is 12.0 Å². The maximum absolute atomic E-state index is 13.1. The number of halogens is 1. The van der Waals surface area contributed by atoms with E-state index in [9.17, 15) is 23.1 Å². The van der Waals surface area contributed by atoms with Crippen molar-refractivity contribution in [2.75, 3.05) is 27.1 Å². The van der Waals surface area contributed by atoms with Gasteiger partial charge in [-0.25, -0.2) is 18.0 Å². The minimum Gasteiger partial charge on any atom is -0.504 e. The average Bonchev–Trinajstić information content (AvgIpc) is 2.78. The van der Waals surface area contributed by atoms with Crippen LogP contribution in [-0.2, 0) is 19.4 Å². The quantitative estimate of drug-likeness (QED) is 0.496. The van der Waals surface area contributed by atoms with E-state index < -0.39 is 33.6 Å². The second-order valence-electron chi connectivity index (χ2n) is 6.90. The van der Waals surface area contributed by atoms with Crippen LogP contribution in [0.25, 0.3) is 0 Å². The summed E-state index contributed by atoms with van der Waals surface area (Å²) in [6, 6.07) is 6.35. The highest BCUT2D eigenvalue weighted by molar-refractivity contribution is 7.91. The Bertz CT molecular complexity index is 1240. The van der Waals surface area contributed by atoms with E-state index in [1.807, 2.05) is 0 Å². The molecule has 2 aromatic carbocycles. The van der Waals surface area contributed by atoms with E-state index >= 15 is 0 Å². The fourth-order valence-corrected chi connectivity index (χ4v) is 4.99. The number of phenolic OH excluding ortho intramolecular Hbond substituents is 1. The largest absolute Gasteiger partial charge is 0.504 e. The Kier molecular flexibility index (Phi) is 7.04. The second kappa shape index (κ2) is 9.59. The van der Waals surface area contributed by atoms with Crippen LogP contribution in [0.5, 0.6) is 17.2 Å². The highest BCUT2D eigenvalue weighted by Crippen LogP contribution is 2.35. The average molecular weight is 497 g/mol. The molecule has 33 heavy (non-hydrogen) atoms. The number of hydrogen-bond acceptors (Lipinski definition) is 8. The first-order chi connectivity index (χ1) is 15.6. The second-order valence-corrected chi connectivity index (χ2v) is 9.30. The first kappa shape index (κ1) is 24.2. The Balaban J connectivity index is 2.10. The van der Waals surface area contributed by atoms with E-state index in [1.165, 1.54) is 50.6 Å². The molecule has 0 unspecified atom stereocenters. The van der Waals surface area contributed by atoms with Gasteiger partial charge in [-0.05, 0) is 35.9 Å². The number of esters is 1. The highest BCUT2D eigenvalue weighted by atomic mass is 35.5. The number of phenols is 1. The zero-order valence-corrected chi connectivity index (χ0v) is 19.4. The minimum absolute atomic E-state index is 0.0872. The molecule has 3 rings (SSSR count). The highest BCUT2D eigenvalue weighted by Gasteiger charge is 2.36. The standard InChI is InChI=1S/C21H21ClN2O8S/c1-30-16-7-5-12(9-13(16)22)33(28,29)10-14-18(20(26)32-3)19(24-21(27)23-14)11-4-6-15(25)17(8-11)31-2/h4-9,19,25H,10H2,1-3H3,(H2,23,24,27)/t19-/m1/s1. The van der Waals surface area contributed by atoms with E-state index in [4.69, 9.17) is 25.8 Å². The lowest BCUT2D eigenvalue weighted by Gasteiger charge is -2.29. The molecule has 0 aromatic heterocycles. The lowest BCUT2D eigenvalue weighted by molar-refractivity contribution is -0.136. The molecular formula is C21H21ClN2O8S. The number of amides is 2. The molecular weight excluding hydrogens is 476 g/mol. The number of carbonyl (C=O) groups is 2. The summed E-state index contributed by atoms with van der Waals surface area (Å²) in [5, 5.41) is 14.9. The summed E-state index contributed by atoms with van der Waals surface area (Å²) in [6.07, 6.45) is 0. The summed E-state index contributed by atoms with van der Waals surface area (Å²) >= 11 is 6.06. The number of rotatable bonds is 7. The summed E-state index contributed by atoms with van der Waals surface area (Å²) in [7, 11) is -0.172. The molecule has 1 heterocycles. The van der Waals surface area contributed by atoms with Crippen LogP contribution >= 0.6 is 11.6 Å². The molecule has 12 heteroatoms. The molecule has 3 N–H and O–H groups in total. The summed E-state index contributed by atoms with van der Waals surface area (Å²) in [6.45, 7) is 0. The van der Waals surface area contributed by atoms with Gasteiger partial charge in [0.1, 0.15) is 5.75 Å². The number of ether oxygens (including phenoxy) is 3. The van der Waals surface area contributed by atoms with Crippen molar-refractivity contribution in [3.63, 3.8) is 0 Å². The van der Waals surface area contributed by atoms with Crippen LogP contribution in [-0.4, -0.2) is 52.6 Å². The number of hydrogen-bond donors (Lipinski definition) is 3. The van der Waals surface area contributed by atoms with E-state index in [2.05, 4.69) is 10.6 Å². The molecule has 0 saturated heterocycles. The topological polar surface area (TPSA) is 140 Å². The SMILES string of the molecule is COC(=O)C1=C(CS(=O)(=O)c2ccc(OC)c(Cl)c2)NC(=O)N[C@@H]1c1ccc(O)c(OC)c1. The molecule has 2 aromatic rings. The van der Waals surface area contributed by atoms with Crippen molar-refractivity contribution in [1.82, 2.24) is 10.6 Å². The van der Waals surface area contributed by atoms with Crippen LogP contribution < -0.4 is 20.1 Å². The molecule has 0 bridgehead atoms. The number of nitrogens with one attached hydrogen (secondary N) is 2. The van der Waals surface area contributed by atoms with Crippen LogP contribution in [0.2, 0.25) is 5.02 Å². The Morgan fingerprint density at radius 2 is 1.79 bits per heavy atom. The maximum atomic E-state index is 13.1. The first-order valence-corrected chi connectivity index (χ1v) is 11.5. The van der Waals surface area contributed by atoms with E-state index in [1.54, 1.807) is 0 Å². The summed E-state index contributed by atoms with van der Waals surface area (Å²) in [5.74, 6) is -1.31. The lowest BCUT2D eigenvalue weighted by atomic mass is 9.95. The van der Waals surface area contributed by atoms with E-state index in [0.717, 1.165) is 7.11 Å². The van der Waals surface area contributed by atoms with Crippen molar-refractivity contribution in [1.29, 1.82) is 0 Å². The third-order valence-corrected chi connectivity index (χ3v) is 6.85. The minimum atomic E-state index is -4.04. The number of carbonyl (C=O) groups excluding carboxylic acids is 2. The van der Waals surface area contributed by atoms with Gasteiger partial charge in [0.05, 0.1) is 48.6 Å². The summed E-state index contributed by atoms with van der Waals surface area (Å²) in [4.78, 5) is 24.9. The molecule has 0 radical (unpaired) electrons.